The van der Waals surface area contributed by atoms with Crippen molar-refractivity contribution in [3.8, 4) is 17.3 Å². The number of alkyl halides is 3. The first-order chi connectivity index (χ1) is 16.7. The highest BCUT2D eigenvalue weighted by Gasteiger charge is 2.76. The van der Waals surface area contributed by atoms with Crippen molar-refractivity contribution in [2.45, 2.75) is 31.2 Å². The van der Waals surface area contributed by atoms with Crippen LogP contribution in [0.5, 0.6) is 5.88 Å². The van der Waals surface area contributed by atoms with Crippen molar-refractivity contribution in [2.75, 3.05) is 6.54 Å². The van der Waals surface area contributed by atoms with Gasteiger partial charge in [-0.2, -0.15) is 13.2 Å². The highest BCUT2D eigenvalue weighted by atomic mass is 35.5. The predicted octanol–water partition coefficient (Wildman–Crippen LogP) is 5.03. The monoisotopic (exact) mass is 504 g/mol. The summed E-state index contributed by atoms with van der Waals surface area (Å²) in [6.45, 7) is 0.552. The van der Waals surface area contributed by atoms with Gasteiger partial charge < -0.3 is 9.64 Å². The number of hydrogen-bond acceptors (Lipinski definition) is 5. The van der Waals surface area contributed by atoms with Crippen molar-refractivity contribution in [2.24, 2.45) is 11.3 Å². The zero-order chi connectivity index (χ0) is 24.5. The number of halogens is 5. The van der Waals surface area contributed by atoms with Gasteiger partial charge in [-0.1, -0.05) is 29.8 Å². The first kappa shape index (κ1) is 22.2. The molecule has 2 aromatic heterocycles. The Balaban J connectivity index is 1.26. The number of piperidine rings is 1. The van der Waals surface area contributed by atoms with Gasteiger partial charge in [0.15, 0.2) is 11.6 Å². The van der Waals surface area contributed by atoms with Gasteiger partial charge in [0.25, 0.3) is 5.91 Å². The van der Waals surface area contributed by atoms with E-state index in [1.54, 1.807) is 29.2 Å². The number of rotatable bonds is 4. The van der Waals surface area contributed by atoms with Crippen LogP contribution in [-0.4, -0.2) is 44.4 Å². The predicted molar refractivity (Wildman–Crippen MR) is 116 cm³/mol. The largest absolute Gasteiger partial charge is 0.471 e. The average Bonchev–Trinajstić information content (AvgIpc) is 3.48. The molecule has 0 bridgehead atoms. The van der Waals surface area contributed by atoms with Crippen LogP contribution in [0.1, 0.15) is 28.8 Å². The van der Waals surface area contributed by atoms with E-state index in [0.717, 1.165) is 24.9 Å². The third-order valence-electron chi connectivity index (χ3n) is 7.23. The van der Waals surface area contributed by atoms with Gasteiger partial charge in [-0.05, 0) is 30.9 Å². The van der Waals surface area contributed by atoms with Gasteiger partial charge in [0.1, 0.15) is 11.1 Å². The minimum atomic E-state index is -4.56. The highest BCUT2D eigenvalue weighted by molar-refractivity contribution is 6.31. The molecule has 1 aliphatic heterocycles. The Morgan fingerprint density at radius 2 is 1.86 bits per heavy atom. The quantitative estimate of drug-likeness (QED) is 0.466. The normalized spacial score (nSPS) is 26.5. The second kappa shape index (κ2) is 7.61. The topological polar surface area (TPSA) is 68.2 Å². The molecule has 1 spiro atoms. The molecule has 4 unspecified atom stereocenters. The van der Waals surface area contributed by atoms with Gasteiger partial charge in [0, 0.05) is 23.7 Å². The summed E-state index contributed by atoms with van der Waals surface area (Å²) in [5, 5.41) is -0.234. The second-order valence-electron chi connectivity index (χ2n) is 9.18. The molecule has 4 atom stereocenters. The van der Waals surface area contributed by atoms with Crippen molar-refractivity contribution in [3.63, 3.8) is 0 Å². The number of hydrogen-bond donors (Lipinski definition) is 0. The smallest absolute Gasteiger partial charge is 0.417 e. The van der Waals surface area contributed by atoms with E-state index in [4.69, 9.17) is 16.3 Å². The first-order valence-corrected chi connectivity index (χ1v) is 11.3. The summed E-state index contributed by atoms with van der Waals surface area (Å²) in [5.74, 6) is -0.316. The highest BCUT2D eigenvalue weighted by Crippen LogP contribution is 2.71. The lowest BCUT2D eigenvalue weighted by molar-refractivity contribution is -0.137. The Labute approximate surface area is 201 Å². The average molecular weight is 505 g/mol. The molecular weight excluding hydrogens is 488 g/mol. The zero-order valence-corrected chi connectivity index (χ0v) is 18.7. The molecule has 0 radical (unpaired) electrons. The Hall–Kier alpha value is -3.27. The summed E-state index contributed by atoms with van der Waals surface area (Å²) < 4.78 is 58.0. The Kier molecular flexibility index (Phi) is 4.83. The van der Waals surface area contributed by atoms with Crippen LogP contribution in [0.15, 0.2) is 48.9 Å². The van der Waals surface area contributed by atoms with Crippen molar-refractivity contribution >= 4 is 17.5 Å². The number of carbonyl (C=O) groups is 1. The molecule has 11 heteroatoms. The molecule has 3 aromatic rings. The van der Waals surface area contributed by atoms with E-state index in [1.165, 1.54) is 0 Å². The third-order valence-corrected chi connectivity index (χ3v) is 7.50. The summed E-state index contributed by atoms with van der Waals surface area (Å²) >= 11 is 6.03. The minimum absolute atomic E-state index is 0.0416. The lowest BCUT2D eigenvalue weighted by atomic mass is 9.73. The van der Waals surface area contributed by atoms with Crippen molar-refractivity contribution < 1.29 is 27.1 Å². The van der Waals surface area contributed by atoms with Crippen LogP contribution < -0.4 is 4.74 Å². The van der Waals surface area contributed by atoms with E-state index in [0.29, 0.717) is 36.2 Å². The van der Waals surface area contributed by atoms with Crippen LogP contribution in [0.3, 0.4) is 0 Å². The van der Waals surface area contributed by atoms with E-state index in [2.05, 4.69) is 15.0 Å². The van der Waals surface area contributed by atoms with Gasteiger partial charge in [0.05, 0.1) is 29.6 Å². The Bertz CT molecular complexity index is 1340. The van der Waals surface area contributed by atoms with E-state index >= 15 is 0 Å². The SMILES string of the molecule is O=C(c1ccccc1-c1ncc(F)cn1)N1CC2CC23CC(Oc2ncc(C(F)(F)F)cc2Cl)C13. The molecule has 1 aromatic carbocycles. The fraction of sp³-hybridized carbons (Fsp3) is 0.333. The molecule has 2 aliphatic carbocycles. The lowest BCUT2D eigenvalue weighted by Gasteiger charge is -2.47. The number of ether oxygens (including phenoxy) is 1. The van der Waals surface area contributed by atoms with Crippen molar-refractivity contribution in [1.82, 2.24) is 19.9 Å². The zero-order valence-electron chi connectivity index (χ0n) is 18.0. The molecule has 1 saturated heterocycles. The van der Waals surface area contributed by atoms with Gasteiger partial charge >= 0.3 is 6.18 Å². The standard InChI is InChI=1S/C24H17ClF4N4O2/c25-17-5-12(24(27,28)29)8-32-21(17)35-18-7-23-6-13(23)11-33(19(18)23)22(34)16-4-2-1-3-15(16)20-30-9-14(26)10-31-20/h1-5,8-10,13,18-19H,6-7,11H2. The number of amides is 1. The van der Waals surface area contributed by atoms with Crippen molar-refractivity contribution in [1.29, 1.82) is 0 Å². The fourth-order valence-electron chi connectivity index (χ4n) is 5.53. The van der Waals surface area contributed by atoms with Crippen LogP contribution >= 0.6 is 11.6 Å². The summed E-state index contributed by atoms with van der Waals surface area (Å²) in [6, 6.07) is 7.39. The third kappa shape index (κ3) is 3.53. The van der Waals surface area contributed by atoms with Crippen LogP contribution in [0, 0.1) is 17.2 Å². The number of pyridine rings is 1. The Morgan fingerprint density at radius 1 is 1.11 bits per heavy atom. The molecule has 3 aliphatic rings. The van der Waals surface area contributed by atoms with Crippen molar-refractivity contribution in [3.05, 3.63) is 70.9 Å². The van der Waals surface area contributed by atoms with E-state index in [9.17, 15) is 22.4 Å². The van der Waals surface area contributed by atoms with Gasteiger partial charge in [-0.3, -0.25) is 4.79 Å². The summed E-state index contributed by atoms with van der Waals surface area (Å²) in [5.41, 5.74) is -0.136. The van der Waals surface area contributed by atoms with E-state index in [-0.39, 0.29) is 34.1 Å². The maximum absolute atomic E-state index is 13.7. The Morgan fingerprint density at radius 3 is 2.57 bits per heavy atom. The molecule has 1 amide bonds. The maximum atomic E-state index is 13.7. The van der Waals surface area contributed by atoms with Gasteiger partial charge in [0.2, 0.25) is 5.88 Å². The molecule has 0 N–H and O–H groups in total. The van der Waals surface area contributed by atoms with Crippen LogP contribution in [0.25, 0.3) is 11.4 Å². The molecule has 3 heterocycles. The maximum Gasteiger partial charge on any atom is 0.417 e. The van der Waals surface area contributed by atoms with Gasteiger partial charge in [-0.25, -0.2) is 19.3 Å². The molecule has 6 rings (SSSR count). The minimum Gasteiger partial charge on any atom is -0.471 e. The number of benzene rings is 1. The number of carbonyl (C=O) groups excluding carboxylic acids is 1. The first-order valence-electron chi connectivity index (χ1n) is 10.9. The molecular formula is C24H17ClF4N4O2. The van der Waals surface area contributed by atoms with Crippen LogP contribution in [0.4, 0.5) is 17.6 Å². The molecule has 35 heavy (non-hydrogen) atoms. The molecule has 2 saturated carbocycles. The number of nitrogens with zero attached hydrogens (tertiary/aromatic N) is 4. The second-order valence-corrected chi connectivity index (χ2v) is 9.58. The summed E-state index contributed by atoms with van der Waals surface area (Å²) in [7, 11) is 0. The lowest BCUT2D eigenvalue weighted by Crippen LogP contribution is -2.59. The number of aromatic nitrogens is 3. The van der Waals surface area contributed by atoms with Crippen LogP contribution in [-0.2, 0) is 6.18 Å². The molecule has 6 nitrogen and oxygen atoms in total. The summed E-state index contributed by atoms with van der Waals surface area (Å²) in [6.07, 6.45) is -0.589. The molecule has 3 fully saturated rings. The van der Waals surface area contributed by atoms with E-state index < -0.39 is 23.7 Å². The fourth-order valence-corrected chi connectivity index (χ4v) is 5.74. The number of likely N-dealkylation sites (tertiary alicyclic amines) is 1. The summed E-state index contributed by atoms with van der Waals surface area (Å²) in [4.78, 5) is 27.2. The van der Waals surface area contributed by atoms with E-state index in [1.807, 2.05) is 0 Å². The van der Waals surface area contributed by atoms with Gasteiger partial charge in [-0.15, -0.1) is 0 Å². The molecule has 180 valence electrons. The van der Waals surface area contributed by atoms with Crippen LogP contribution in [0.2, 0.25) is 5.02 Å².